The summed E-state index contributed by atoms with van der Waals surface area (Å²) in [6, 6.07) is 7.22. The Balaban J connectivity index is 2.06. The molecule has 320 valence electrons. The summed E-state index contributed by atoms with van der Waals surface area (Å²) < 4.78 is 159. The Labute approximate surface area is 339 Å². The molecule has 0 saturated carbocycles. The Morgan fingerprint density at radius 3 is 1.19 bits per heavy atom. The summed E-state index contributed by atoms with van der Waals surface area (Å²) in [4.78, 5) is 22.9. The van der Waals surface area contributed by atoms with E-state index in [1.165, 1.54) is 0 Å². The van der Waals surface area contributed by atoms with Crippen LogP contribution in [-0.4, -0.2) is 53.4 Å². The number of rotatable bonds is 16. The first-order valence-corrected chi connectivity index (χ1v) is 19.4. The number of benzene rings is 4. The zero-order valence-electron chi connectivity index (χ0n) is 30.0. The molecule has 59 heavy (non-hydrogen) atoms. The first-order valence-electron chi connectivity index (χ1n) is 15.8. The van der Waals surface area contributed by atoms with Crippen molar-refractivity contribution < 1.29 is 75.6 Å². The standard InChI is InChI=1S/C32H26Cl2F6N4O13S2/c1-15(56-58(49,50)41-3)53-29-25(33)23(13-21(27(29)43(45)46)17-5-9-19(10-6-17)31(35,36)37)55-24-14-22(18-7-11-20(12-8-18)32(38,39)40)28(44(47)48)30(26(24)34)54-16(2)57-59(51,52)42-4/h5-16,41-42H,1-4H3. The van der Waals surface area contributed by atoms with Crippen molar-refractivity contribution >= 4 is 55.2 Å². The van der Waals surface area contributed by atoms with Crippen LogP contribution in [0.25, 0.3) is 22.3 Å². The number of nitro benzene ring substituents is 2. The Morgan fingerprint density at radius 1 is 0.627 bits per heavy atom. The molecular formula is C32H26Cl2F6N4O13S2. The van der Waals surface area contributed by atoms with E-state index in [1.807, 2.05) is 0 Å². The maximum absolute atomic E-state index is 13.4. The topological polar surface area (TPSA) is 225 Å². The molecule has 0 fully saturated rings. The zero-order valence-corrected chi connectivity index (χ0v) is 33.1. The van der Waals surface area contributed by atoms with E-state index in [9.17, 15) is 63.4 Å². The van der Waals surface area contributed by atoms with E-state index >= 15 is 0 Å². The number of nitro groups is 2. The zero-order chi connectivity index (χ0) is 44.4. The molecular weight excluding hydrogens is 897 g/mol. The van der Waals surface area contributed by atoms with E-state index in [4.69, 9.17) is 45.8 Å². The summed E-state index contributed by atoms with van der Waals surface area (Å²) in [5.74, 6) is -3.40. The van der Waals surface area contributed by atoms with Gasteiger partial charge in [0, 0.05) is 14.1 Å². The summed E-state index contributed by atoms with van der Waals surface area (Å²) in [5, 5.41) is 23.4. The highest BCUT2D eigenvalue weighted by Gasteiger charge is 2.36. The van der Waals surface area contributed by atoms with E-state index in [-0.39, 0.29) is 11.1 Å². The second-order valence-corrected chi connectivity index (χ2v) is 15.2. The molecule has 0 bridgehead atoms. The molecule has 4 rings (SSSR count). The minimum Gasteiger partial charge on any atom is -0.455 e. The van der Waals surface area contributed by atoms with Gasteiger partial charge in [-0.2, -0.15) is 52.6 Å². The summed E-state index contributed by atoms with van der Waals surface area (Å²) in [7, 11) is -7.17. The van der Waals surface area contributed by atoms with Crippen molar-refractivity contribution in [2.75, 3.05) is 14.1 Å². The van der Waals surface area contributed by atoms with Crippen LogP contribution >= 0.6 is 23.2 Å². The molecule has 2 unspecified atom stereocenters. The van der Waals surface area contributed by atoms with Gasteiger partial charge in [0.1, 0.15) is 10.0 Å². The smallest absolute Gasteiger partial charge is 0.416 e. The lowest BCUT2D eigenvalue weighted by atomic mass is 10.00. The van der Waals surface area contributed by atoms with Crippen molar-refractivity contribution in [1.82, 2.24) is 9.44 Å². The van der Waals surface area contributed by atoms with Gasteiger partial charge < -0.3 is 14.2 Å². The fraction of sp³-hybridized carbons (Fsp3) is 0.250. The molecule has 2 N–H and O–H groups in total. The Kier molecular flexibility index (Phi) is 14.0. The van der Waals surface area contributed by atoms with Crippen molar-refractivity contribution in [2.24, 2.45) is 0 Å². The SMILES string of the molecule is CNS(=O)(=O)OC(C)Oc1c(Cl)c(Oc2cc(-c3ccc(C(F)(F)F)cc3)c([N+](=O)[O-])c(OC(C)OS(=O)(=O)NC)c2Cl)cc(-c2ccc(C(F)(F)F)cc2)c1[N+](=O)[O-]. The van der Waals surface area contributed by atoms with E-state index in [1.54, 1.807) is 9.44 Å². The fourth-order valence-electron chi connectivity index (χ4n) is 4.99. The molecule has 0 aromatic heterocycles. The highest BCUT2D eigenvalue weighted by molar-refractivity contribution is 7.84. The minimum absolute atomic E-state index is 0.298. The van der Waals surface area contributed by atoms with Crippen LogP contribution in [0.4, 0.5) is 37.7 Å². The van der Waals surface area contributed by atoms with Crippen LogP contribution in [0.5, 0.6) is 23.0 Å². The number of nitrogens with one attached hydrogen (secondary N) is 2. The molecule has 0 amide bonds. The van der Waals surface area contributed by atoms with Gasteiger partial charge >= 0.3 is 44.3 Å². The normalized spacial score (nSPS) is 13.4. The molecule has 0 aliphatic carbocycles. The predicted molar refractivity (Wildman–Crippen MR) is 195 cm³/mol. The average Bonchev–Trinajstić information content (AvgIpc) is 3.13. The number of hydrogen-bond acceptors (Lipinski definition) is 13. The first-order chi connectivity index (χ1) is 27.2. The van der Waals surface area contributed by atoms with Crippen LogP contribution in [-0.2, 0) is 41.3 Å². The molecule has 4 aromatic rings. The second-order valence-electron chi connectivity index (χ2n) is 11.5. The van der Waals surface area contributed by atoms with Crippen LogP contribution in [0.3, 0.4) is 0 Å². The van der Waals surface area contributed by atoms with E-state index < -0.39 is 122 Å². The molecule has 2 atom stereocenters. The first kappa shape index (κ1) is 46.7. The van der Waals surface area contributed by atoms with Gasteiger partial charge in [-0.3, -0.25) is 20.2 Å². The molecule has 0 aliphatic heterocycles. The molecule has 17 nitrogen and oxygen atoms in total. The lowest BCUT2D eigenvalue weighted by Gasteiger charge is -2.21. The van der Waals surface area contributed by atoms with Gasteiger partial charge in [-0.05, 0) is 61.4 Å². The van der Waals surface area contributed by atoms with E-state index in [2.05, 4.69) is 0 Å². The molecule has 0 spiro atoms. The summed E-state index contributed by atoms with van der Waals surface area (Å²) >= 11 is 13.1. The highest BCUT2D eigenvalue weighted by atomic mass is 35.5. The summed E-state index contributed by atoms with van der Waals surface area (Å²) in [6.07, 6.45) is -13.5. The Hall–Kier alpha value is -5.02. The van der Waals surface area contributed by atoms with E-state index in [0.717, 1.165) is 64.3 Å². The quantitative estimate of drug-likeness (QED) is 0.0467. The molecule has 27 heteroatoms. The third-order valence-electron chi connectivity index (χ3n) is 7.55. The van der Waals surface area contributed by atoms with Gasteiger partial charge in [-0.1, -0.05) is 47.5 Å². The van der Waals surface area contributed by atoms with Crippen molar-refractivity contribution in [3.8, 4) is 45.3 Å². The van der Waals surface area contributed by atoms with Crippen molar-refractivity contribution in [1.29, 1.82) is 0 Å². The van der Waals surface area contributed by atoms with Crippen LogP contribution in [0.1, 0.15) is 25.0 Å². The third-order valence-corrected chi connectivity index (χ3v) is 10.3. The third kappa shape index (κ3) is 11.2. The number of hydrogen-bond donors (Lipinski definition) is 2. The van der Waals surface area contributed by atoms with Crippen LogP contribution in [0, 0.1) is 20.2 Å². The number of alkyl halides is 6. The largest absolute Gasteiger partial charge is 0.455 e. The second kappa shape index (κ2) is 17.7. The maximum Gasteiger partial charge on any atom is 0.416 e. The molecule has 0 saturated heterocycles. The number of ether oxygens (including phenoxy) is 3. The molecule has 0 heterocycles. The lowest BCUT2D eigenvalue weighted by molar-refractivity contribution is -0.385. The van der Waals surface area contributed by atoms with Crippen LogP contribution < -0.4 is 23.7 Å². The monoisotopic (exact) mass is 922 g/mol. The van der Waals surface area contributed by atoms with Gasteiger partial charge in [-0.15, -0.1) is 0 Å². The van der Waals surface area contributed by atoms with Crippen molar-refractivity contribution in [3.05, 3.63) is 102 Å². The maximum atomic E-state index is 13.4. The van der Waals surface area contributed by atoms with Crippen molar-refractivity contribution in [2.45, 2.75) is 38.8 Å². The van der Waals surface area contributed by atoms with Gasteiger partial charge in [-0.25, -0.2) is 8.37 Å². The summed E-state index contributed by atoms with van der Waals surface area (Å²) in [6.45, 7) is 1.93. The van der Waals surface area contributed by atoms with Gasteiger partial charge in [0.05, 0.1) is 32.1 Å². The molecule has 0 radical (unpaired) electrons. The molecule has 0 aliphatic rings. The predicted octanol–water partition coefficient (Wildman–Crippen LogP) is 8.38. The van der Waals surface area contributed by atoms with Crippen LogP contribution in [0.15, 0.2) is 60.7 Å². The van der Waals surface area contributed by atoms with Crippen molar-refractivity contribution in [3.63, 3.8) is 0 Å². The fourth-order valence-corrected chi connectivity index (χ4v) is 6.43. The Morgan fingerprint density at radius 2 is 0.932 bits per heavy atom. The number of nitrogens with zero attached hydrogens (tertiary/aromatic N) is 2. The van der Waals surface area contributed by atoms with Crippen LogP contribution in [0.2, 0.25) is 10.0 Å². The Bertz CT molecular complexity index is 2310. The summed E-state index contributed by atoms with van der Waals surface area (Å²) in [5.41, 5.74) is -6.17. The average molecular weight is 924 g/mol. The highest BCUT2D eigenvalue weighted by Crippen LogP contribution is 2.53. The van der Waals surface area contributed by atoms with Gasteiger partial charge in [0.25, 0.3) is 0 Å². The number of halogens is 8. The lowest BCUT2D eigenvalue weighted by Crippen LogP contribution is -2.29. The van der Waals surface area contributed by atoms with Gasteiger partial charge in [0.15, 0.2) is 11.5 Å². The van der Waals surface area contributed by atoms with E-state index in [0.29, 0.717) is 24.3 Å². The molecule has 4 aromatic carbocycles. The van der Waals surface area contributed by atoms with Gasteiger partial charge in [0.2, 0.25) is 24.1 Å². The minimum atomic E-state index is -4.84.